The number of fused-ring (bicyclic) bond motifs is 6. The Morgan fingerprint density at radius 2 is 1.87 bits per heavy atom. The van der Waals surface area contributed by atoms with Crippen LogP contribution in [-0.4, -0.2) is 53.8 Å². The molecule has 9 heteroatoms. The van der Waals surface area contributed by atoms with E-state index in [0.29, 0.717) is 44.5 Å². The van der Waals surface area contributed by atoms with E-state index in [1.807, 2.05) is 18.2 Å². The summed E-state index contributed by atoms with van der Waals surface area (Å²) < 4.78 is 14.0. The maximum absolute atomic E-state index is 13.4. The number of carbonyl (C=O) groups is 2. The van der Waals surface area contributed by atoms with Crippen molar-refractivity contribution in [2.75, 3.05) is 26.0 Å². The van der Waals surface area contributed by atoms with Gasteiger partial charge in [0.05, 0.1) is 24.9 Å². The quantitative estimate of drug-likeness (QED) is 0.210. The van der Waals surface area contributed by atoms with Crippen LogP contribution in [0, 0.1) is 5.41 Å². The smallest absolute Gasteiger partial charge is 0.324 e. The SMILES string of the molecule is CCn1c(-c2ccccc2COC)c2c3cc(ccc31)-c1cc(N)cc(c1)C[C@H](N)C(=O)N1CCC[C@H](N1)C(=O)OCC(C)(C)C2. The molecule has 1 amide bonds. The predicted molar refractivity (Wildman–Crippen MR) is 182 cm³/mol. The van der Waals surface area contributed by atoms with E-state index in [2.05, 4.69) is 73.2 Å². The van der Waals surface area contributed by atoms with Crippen LogP contribution >= 0.6 is 0 Å². The highest BCUT2D eigenvalue weighted by atomic mass is 16.5. The van der Waals surface area contributed by atoms with Crippen LogP contribution in [0.2, 0.25) is 0 Å². The van der Waals surface area contributed by atoms with Gasteiger partial charge in [-0.3, -0.25) is 14.6 Å². The molecule has 1 saturated heterocycles. The number of cyclic esters (lactones) is 1. The normalized spacial score (nSPS) is 20.4. The molecule has 1 fully saturated rings. The molecule has 0 spiro atoms. The summed E-state index contributed by atoms with van der Waals surface area (Å²) in [6, 6.07) is 19.5. The lowest BCUT2D eigenvalue weighted by Gasteiger charge is -2.35. The highest BCUT2D eigenvalue weighted by Crippen LogP contribution is 2.41. The number of nitrogen functional groups attached to an aromatic ring is 1. The fourth-order valence-electron chi connectivity index (χ4n) is 7.01. The van der Waals surface area contributed by atoms with Gasteiger partial charge in [-0.05, 0) is 84.7 Å². The van der Waals surface area contributed by atoms with E-state index in [1.54, 1.807) is 7.11 Å². The van der Waals surface area contributed by atoms with E-state index >= 15 is 0 Å². The summed E-state index contributed by atoms with van der Waals surface area (Å²) in [7, 11) is 1.72. The van der Waals surface area contributed by atoms with Crippen LogP contribution < -0.4 is 16.9 Å². The number of rotatable bonds is 4. The second-order valence-electron chi connectivity index (χ2n) is 13.4. The number of hydrazine groups is 1. The zero-order valence-electron chi connectivity index (χ0n) is 27.3. The molecule has 242 valence electrons. The van der Waals surface area contributed by atoms with Gasteiger partial charge in [-0.15, -0.1) is 0 Å². The van der Waals surface area contributed by atoms with Gasteiger partial charge in [0.15, 0.2) is 0 Å². The second kappa shape index (κ2) is 12.9. The highest BCUT2D eigenvalue weighted by Gasteiger charge is 2.33. The first kappa shape index (κ1) is 31.8. The predicted octanol–water partition coefficient (Wildman–Crippen LogP) is 5.21. The average molecular weight is 624 g/mol. The number of anilines is 1. The average Bonchev–Trinajstić information content (AvgIpc) is 3.34. The molecule has 1 aromatic heterocycles. The molecule has 3 heterocycles. The van der Waals surface area contributed by atoms with E-state index in [1.165, 1.54) is 10.6 Å². The fraction of sp³-hybridized carbons (Fsp3) is 0.405. The number of methoxy groups -OCH3 is 1. The number of aryl methyl sites for hydroxylation is 1. The van der Waals surface area contributed by atoms with Gasteiger partial charge >= 0.3 is 5.97 Å². The third-order valence-corrected chi connectivity index (χ3v) is 9.18. The largest absolute Gasteiger partial charge is 0.464 e. The lowest BCUT2D eigenvalue weighted by Crippen LogP contribution is -2.59. The molecule has 6 rings (SSSR count). The first-order chi connectivity index (χ1) is 22.1. The van der Waals surface area contributed by atoms with Crippen molar-refractivity contribution in [1.29, 1.82) is 0 Å². The van der Waals surface area contributed by atoms with Crippen molar-refractivity contribution >= 4 is 28.5 Å². The molecule has 0 saturated carbocycles. The molecule has 0 aliphatic carbocycles. The molecule has 4 aromatic rings. The van der Waals surface area contributed by atoms with Crippen LogP contribution in [0.1, 0.15) is 50.3 Å². The number of nitrogens with zero attached hydrogens (tertiary/aromatic N) is 2. The molecule has 0 radical (unpaired) electrons. The van der Waals surface area contributed by atoms with Crippen molar-refractivity contribution < 1.29 is 19.1 Å². The third kappa shape index (κ3) is 6.27. The van der Waals surface area contributed by atoms with Gasteiger partial charge in [-0.2, -0.15) is 0 Å². The van der Waals surface area contributed by atoms with Gasteiger partial charge in [0, 0.05) is 47.8 Å². The molecule has 46 heavy (non-hydrogen) atoms. The zero-order valence-corrected chi connectivity index (χ0v) is 27.3. The molecule has 6 bridgehead atoms. The minimum Gasteiger partial charge on any atom is -0.464 e. The molecule has 5 N–H and O–H groups in total. The first-order valence-corrected chi connectivity index (χ1v) is 16.2. The molecule has 3 aromatic carbocycles. The van der Waals surface area contributed by atoms with Crippen molar-refractivity contribution in [1.82, 2.24) is 15.0 Å². The minimum atomic E-state index is -0.794. The number of nitrogens with one attached hydrogen (secondary N) is 1. The van der Waals surface area contributed by atoms with Gasteiger partial charge in [0.2, 0.25) is 0 Å². The number of esters is 1. The van der Waals surface area contributed by atoms with E-state index < -0.39 is 17.5 Å². The first-order valence-electron chi connectivity index (χ1n) is 16.2. The van der Waals surface area contributed by atoms with Crippen LogP contribution in [0.5, 0.6) is 0 Å². The Morgan fingerprint density at radius 1 is 1.07 bits per heavy atom. The van der Waals surface area contributed by atoms with Crippen LogP contribution in [0.4, 0.5) is 5.69 Å². The topological polar surface area (TPSA) is 125 Å². The zero-order chi connectivity index (χ0) is 32.6. The van der Waals surface area contributed by atoms with Crippen LogP contribution in [-0.2, 0) is 45.1 Å². The number of aromatic nitrogens is 1. The van der Waals surface area contributed by atoms with Crippen molar-refractivity contribution in [2.24, 2.45) is 11.1 Å². The Hall–Kier alpha value is -4.18. The third-order valence-electron chi connectivity index (χ3n) is 9.18. The summed E-state index contributed by atoms with van der Waals surface area (Å²) in [5.74, 6) is -0.610. The van der Waals surface area contributed by atoms with Gasteiger partial charge in [-0.1, -0.05) is 50.2 Å². The van der Waals surface area contributed by atoms with Crippen molar-refractivity contribution in [2.45, 2.75) is 71.7 Å². The summed E-state index contributed by atoms with van der Waals surface area (Å²) in [5, 5.41) is 2.63. The molecular weight excluding hydrogens is 578 g/mol. The fourth-order valence-corrected chi connectivity index (χ4v) is 7.01. The number of benzene rings is 3. The highest BCUT2D eigenvalue weighted by molar-refractivity contribution is 5.95. The summed E-state index contributed by atoms with van der Waals surface area (Å²) in [5.41, 5.74) is 24.8. The van der Waals surface area contributed by atoms with Gasteiger partial charge < -0.3 is 25.5 Å². The Morgan fingerprint density at radius 3 is 2.65 bits per heavy atom. The molecule has 2 aliphatic heterocycles. The van der Waals surface area contributed by atoms with E-state index in [0.717, 1.165) is 51.0 Å². The Balaban J connectivity index is 1.55. The van der Waals surface area contributed by atoms with Crippen molar-refractivity contribution in [3.05, 3.63) is 77.4 Å². The summed E-state index contributed by atoms with van der Waals surface area (Å²) in [4.78, 5) is 26.7. The number of hydrogen-bond donors (Lipinski definition) is 3. The Labute approximate surface area is 270 Å². The number of ether oxygens (including phenoxy) is 2. The maximum atomic E-state index is 13.4. The van der Waals surface area contributed by atoms with Crippen molar-refractivity contribution in [3.63, 3.8) is 0 Å². The number of amides is 1. The van der Waals surface area contributed by atoms with E-state index in [9.17, 15) is 9.59 Å². The van der Waals surface area contributed by atoms with E-state index in [-0.39, 0.29) is 18.5 Å². The number of hydrogen-bond acceptors (Lipinski definition) is 7. The monoisotopic (exact) mass is 623 g/mol. The lowest BCUT2D eigenvalue weighted by molar-refractivity contribution is -0.154. The molecule has 9 nitrogen and oxygen atoms in total. The van der Waals surface area contributed by atoms with Crippen LogP contribution in [0.25, 0.3) is 33.3 Å². The number of carbonyl (C=O) groups excluding carboxylic acids is 2. The van der Waals surface area contributed by atoms with Gasteiger partial charge in [-0.25, -0.2) is 5.43 Å². The molecule has 2 aliphatic rings. The standard InChI is InChI=1S/C37H45N5O4/c1-5-41-33-13-12-24-19-29(33)30(34(41)28-10-7-6-9-25(28)21-45-4)20-37(2,3)22-46-36(44)32-11-8-14-42(40-32)35(43)31(39)17-23-15-26(24)18-27(38)16-23/h6-7,9-10,12-13,15-16,18-19,31-32,40H,5,8,11,14,17,20-22,38-39H2,1-4H3/t31-,32-/m0/s1. The second-order valence-corrected chi connectivity index (χ2v) is 13.4. The molecule has 2 atom stereocenters. The van der Waals surface area contributed by atoms with E-state index in [4.69, 9.17) is 20.9 Å². The number of nitrogens with two attached hydrogens (primary N) is 2. The van der Waals surface area contributed by atoms with Gasteiger partial charge in [0.25, 0.3) is 5.91 Å². The molecular formula is C37H45N5O4. The van der Waals surface area contributed by atoms with Crippen LogP contribution in [0.3, 0.4) is 0 Å². The maximum Gasteiger partial charge on any atom is 0.324 e. The minimum absolute atomic E-state index is 0.230. The van der Waals surface area contributed by atoms with Crippen molar-refractivity contribution in [3.8, 4) is 22.4 Å². The Bertz CT molecular complexity index is 1780. The Kier molecular flexibility index (Phi) is 8.92. The summed E-state index contributed by atoms with van der Waals surface area (Å²) in [6.45, 7) is 8.42. The summed E-state index contributed by atoms with van der Waals surface area (Å²) in [6.07, 6.45) is 2.25. The van der Waals surface area contributed by atoms with Crippen LogP contribution in [0.15, 0.2) is 60.7 Å². The lowest BCUT2D eigenvalue weighted by atomic mass is 9.84. The van der Waals surface area contributed by atoms with Gasteiger partial charge in [0.1, 0.15) is 6.04 Å². The molecule has 0 unspecified atom stereocenters. The summed E-state index contributed by atoms with van der Waals surface area (Å²) >= 11 is 0.